The summed E-state index contributed by atoms with van der Waals surface area (Å²) >= 11 is 0. The average Bonchev–Trinajstić information content (AvgIpc) is 2.86. The Labute approximate surface area is 130 Å². The molecule has 1 N–H and O–H groups in total. The van der Waals surface area contributed by atoms with Gasteiger partial charge in [0.2, 0.25) is 11.8 Å². The number of likely N-dealkylation sites (tertiary alicyclic amines) is 1. The second-order valence-electron chi connectivity index (χ2n) is 6.09. The van der Waals surface area contributed by atoms with E-state index in [-0.39, 0.29) is 17.9 Å². The number of anilines is 1. The highest BCUT2D eigenvalue weighted by molar-refractivity contribution is 5.91. The molecule has 1 fully saturated rings. The highest BCUT2D eigenvalue weighted by atomic mass is 16.5. The summed E-state index contributed by atoms with van der Waals surface area (Å²) in [6.45, 7) is 3.32. The van der Waals surface area contributed by atoms with Gasteiger partial charge in [-0.25, -0.2) is 0 Å². The van der Waals surface area contributed by atoms with Gasteiger partial charge in [-0.3, -0.25) is 9.59 Å². The molecule has 0 bridgehead atoms. The van der Waals surface area contributed by atoms with Gasteiger partial charge in [0.15, 0.2) is 0 Å². The van der Waals surface area contributed by atoms with Crippen LogP contribution in [0.5, 0.6) is 5.75 Å². The first-order valence-corrected chi connectivity index (χ1v) is 7.99. The SMILES string of the molecule is CC1Cc2cc(NC(=O)CCN3CCCCC3=O)ccc2O1. The largest absolute Gasteiger partial charge is 0.490 e. The van der Waals surface area contributed by atoms with Gasteiger partial charge >= 0.3 is 0 Å². The van der Waals surface area contributed by atoms with E-state index in [0.29, 0.717) is 19.4 Å². The summed E-state index contributed by atoms with van der Waals surface area (Å²) in [5, 5.41) is 2.91. The molecule has 2 amide bonds. The molecule has 1 atom stereocenters. The van der Waals surface area contributed by atoms with Crippen LogP contribution in [0.1, 0.15) is 38.2 Å². The van der Waals surface area contributed by atoms with E-state index in [1.165, 1.54) is 0 Å². The molecule has 2 heterocycles. The predicted molar refractivity (Wildman–Crippen MR) is 83.9 cm³/mol. The summed E-state index contributed by atoms with van der Waals surface area (Å²) in [4.78, 5) is 25.5. The Balaban J connectivity index is 1.52. The zero-order valence-corrected chi connectivity index (χ0v) is 12.9. The first-order chi connectivity index (χ1) is 10.6. The van der Waals surface area contributed by atoms with Crippen molar-refractivity contribution < 1.29 is 14.3 Å². The maximum Gasteiger partial charge on any atom is 0.226 e. The Kier molecular flexibility index (Phi) is 4.32. The van der Waals surface area contributed by atoms with Crippen LogP contribution in [0.25, 0.3) is 0 Å². The van der Waals surface area contributed by atoms with Crippen molar-refractivity contribution >= 4 is 17.5 Å². The average molecular weight is 302 g/mol. The molecule has 3 rings (SSSR count). The molecule has 0 aliphatic carbocycles. The molecule has 5 nitrogen and oxygen atoms in total. The number of fused-ring (bicyclic) bond motifs is 1. The molecule has 1 aromatic rings. The number of hydrogen-bond acceptors (Lipinski definition) is 3. The Hall–Kier alpha value is -2.04. The number of benzene rings is 1. The van der Waals surface area contributed by atoms with E-state index >= 15 is 0 Å². The third kappa shape index (κ3) is 3.40. The number of rotatable bonds is 4. The molecule has 22 heavy (non-hydrogen) atoms. The van der Waals surface area contributed by atoms with Crippen molar-refractivity contribution in [3.8, 4) is 5.75 Å². The summed E-state index contributed by atoms with van der Waals surface area (Å²) in [6, 6.07) is 5.74. The van der Waals surface area contributed by atoms with E-state index in [1.54, 1.807) is 4.90 Å². The quantitative estimate of drug-likeness (QED) is 0.929. The topological polar surface area (TPSA) is 58.6 Å². The molecule has 0 radical (unpaired) electrons. The Bertz CT molecular complexity index is 585. The van der Waals surface area contributed by atoms with Crippen molar-refractivity contribution in [2.45, 2.75) is 45.1 Å². The Morgan fingerprint density at radius 1 is 1.41 bits per heavy atom. The first kappa shape index (κ1) is 14.9. The molecule has 1 aromatic carbocycles. The standard InChI is InChI=1S/C17H22N2O3/c1-12-10-13-11-14(5-6-15(13)22-12)18-16(20)7-9-19-8-3-2-4-17(19)21/h5-6,11-12H,2-4,7-10H2,1H3,(H,18,20). The van der Waals surface area contributed by atoms with Crippen molar-refractivity contribution in [1.29, 1.82) is 0 Å². The van der Waals surface area contributed by atoms with Gasteiger partial charge in [0.25, 0.3) is 0 Å². The normalized spacial score (nSPS) is 20.5. The van der Waals surface area contributed by atoms with Gasteiger partial charge in [-0.15, -0.1) is 0 Å². The van der Waals surface area contributed by atoms with Crippen LogP contribution < -0.4 is 10.1 Å². The zero-order valence-electron chi connectivity index (χ0n) is 12.9. The number of piperidine rings is 1. The highest BCUT2D eigenvalue weighted by Crippen LogP contribution is 2.30. The molecule has 0 aromatic heterocycles. The lowest BCUT2D eigenvalue weighted by atomic mass is 10.1. The van der Waals surface area contributed by atoms with Gasteiger partial charge < -0.3 is 15.0 Å². The van der Waals surface area contributed by atoms with Crippen LogP contribution in [0.3, 0.4) is 0 Å². The molecule has 5 heteroatoms. The lowest BCUT2D eigenvalue weighted by Crippen LogP contribution is -2.37. The molecular weight excluding hydrogens is 280 g/mol. The van der Waals surface area contributed by atoms with Crippen LogP contribution in [-0.2, 0) is 16.0 Å². The van der Waals surface area contributed by atoms with E-state index in [1.807, 2.05) is 25.1 Å². The van der Waals surface area contributed by atoms with Crippen molar-refractivity contribution in [2.24, 2.45) is 0 Å². The fourth-order valence-electron chi connectivity index (χ4n) is 3.06. The lowest BCUT2D eigenvalue weighted by Gasteiger charge is -2.26. The number of hydrogen-bond donors (Lipinski definition) is 1. The summed E-state index contributed by atoms with van der Waals surface area (Å²) < 4.78 is 5.65. The number of ether oxygens (including phenoxy) is 1. The van der Waals surface area contributed by atoms with Gasteiger partial charge in [-0.1, -0.05) is 0 Å². The fraction of sp³-hybridized carbons (Fsp3) is 0.529. The second kappa shape index (κ2) is 6.38. The van der Waals surface area contributed by atoms with Gasteiger partial charge in [0, 0.05) is 38.0 Å². The fourth-order valence-corrected chi connectivity index (χ4v) is 3.06. The van der Waals surface area contributed by atoms with Crippen molar-refractivity contribution in [1.82, 2.24) is 4.90 Å². The van der Waals surface area contributed by atoms with Gasteiger partial charge in [0.1, 0.15) is 11.9 Å². The number of nitrogens with one attached hydrogen (secondary N) is 1. The van der Waals surface area contributed by atoms with Crippen LogP contribution >= 0.6 is 0 Å². The van der Waals surface area contributed by atoms with Crippen LogP contribution in [0.2, 0.25) is 0 Å². The summed E-state index contributed by atoms with van der Waals surface area (Å²) in [5.41, 5.74) is 1.93. The minimum absolute atomic E-state index is 0.0507. The molecule has 1 unspecified atom stereocenters. The van der Waals surface area contributed by atoms with Gasteiger partial charge in [0.05, 0.1) is 0 Å². The van der Waals surface area contributed by atoms with Crippen LogP contribution in [0, 0.1) is 0 Å². The van der Waals surface area contributed by atoms with Crippen molar-refractivity contribution in [3.63, 3.8) is 0 Å². The molecule has 0 spiro atoms. The zero-order chi connectivity index (χ0) is 15.5. The predicted octanol–water partition coefficient (Wildman–Crippen LogP) is 2.35. The smallest absolute Gasteiger partial charge is 0.226 e. The summed E-state index contributed by atoms with van der Waals surface area (Å²) in [6.07, 6.45) is 4.04. The summed E-state index contributed by atoms with van der Waals surface area (Å²) in [5.74, 6) is 1.03. The van der Waals surface area contributed by atoms with Gasteiger partial charge in [-0.05, 0) is 43.5 Å². The maximum atomic E-state index is 12.0. The number of nitrogens with zero attached hydrogens (tertiary/aromatic N) is 1. The maximum absolute atomic E-state index is 12.0. The minimum Gasteiger partial charge on any atom is -0.490 e. The van der Waals surface area contributed by atoms with Crippen LogP contribution in [-0.4, -0.2) is 35.9 Å². The third-order valence-corrected chi connectivity index (χ3v) is 4.21. The highest BCUT2D eigenvalue weighted by Gasteiger charge is 2.20. The van der Waals surface area contributed by atoms with Crippen LogP contribution in [0.4, 0.5) is 5.69 Å². The van der Waals surface area contributed by atoms with Crippen molar-refractivity contribution in [3.05, 3.63) is 23.8 Å². The molecule has 2 aliphatic rings. The summed E-state index contributed by atoms with van der Waals surface area (Å²) in [7, 11) is 0. The van der Waals surface area contributed by atoms with E-state index in [4.69, 9.17) is 4.74 Å². The molecule has 1 saturated heterocycles. The van der Waals surface area contributed by atoms with E-state index in [9.17, 15) is 9.59 Å². The van der Waals surface area contributed by atoms with Crippen molar-refractivity contribution in [2.75, 3.05) is 18.4 Å². The molecular formula is C17H22N2O3. The van der Waals surface area contributed by atoms with E-state index in [0.717, 1.165) is 42.8 Å². The van der Waals surface area contributed by atoms with E-state index < -0.39 is 0 Å². The lowest BCUT2D eigenvalue weighted by molar-refractivity contribution is -0.133. The van der Waals surface area contributed by atoms with Crippen LogP contribution in [0.15, 0.2) is 18.2 Å². The monoisotopic (exact) mass is 302 g/mol. The number of amides is 2. The molecule has 0 saturated carbocycles. The number of carbonyl (C=O) groups is 2. The first-order valence-electron chi connectivity index (χ1n) is 7.99. The molecule has 2 aliphatic heterocycles. The van der Waals surface area contributed by atoms with Gasteiger partial charge in [-0.2, -0.15) is 0 Å². The minimum atomic E-state index is -0.0507. The Morgan fingerprint density at radius 2 is 2.27 bits per heavy atom. The second-order valence-corrected chi connectivity index (χ2v) is 6.09. The van der Waals surface area contributed by atoms with E-state index in [2.05, 4.69) is 5.32 Å². The molecule has 118 valence electrons. The Morgan fingerprint density at radius 3 is 3.09 bits per heavy atom. The number of carbonyl (C=O) groups excluding carboxylic acids is 2. The third-order valence-electron chi connectivity index (χ3n) is 4.21.